The van der Waals surface area contributed by atoms with Crippen molar-refractivity contribution in [2.24, 2.45) is 11.3 Å². The highest BCUT2D eigenvalue weighted by Crippen LogP contribution is 2.65. The maximum absolute atomic E-state index is 13.5. The normalized spacial score (nSPS) is 30.8. The Hall–Kier alpha value is -1.39. The molecule has 1 saturated heterocycles. The van der Waals surface area contributed by atoms with Gasteiger partial charge in [0.2, 0.25) is 5.88 Å². The second kappa shape index (κ2) is 4.06. The van der Waals surface area contributed by atoms with Crippen molar-refractivity contribution in [3.05, 3.63) is 18.3 Å². The fourth-order valence-corrected chi connectivity index (χ4v) is 3.12. The molecule has 3 nitrogen and oxygen atoms in total. The van der Waals surface area contributed by atoms with Crippen molar-refractivity contribution < 1.29 is 13.5 Å². The average Bonchev–Trinajstić information content (AvgIpc) is 3.28. The summed E-state index contributed by atoms with van der Waals surface area (Å²) < 4.78 is 32.7. The topological polar surface area (TPSA) is 25.4 Å². The predicted molar refractivity (Wildman–Crippen MR) is 71.3 cm³/mol. The van der Waals surface area contributed by atoms with Crippen LogP contribution < -0.4 is 9.64 Å². The molecule has 0 amide bonds. The van der Waals surface area contributed by atoms with E-state index >= 15 is 0 Å². The van der Waals surface area contributed by atoms with Crippen LogP contribution in [0, 0.1) is 11.3 Å². The van der Waals surface area contributed by atoms with E-state index < -0.39 is 11.3 Å². The third kappa shape index (κ3) is 1.95. The minimum atomic E-state index is -2.47. The minimum Gasteiger partial charge on any atom is -0.476 e. The van der Waals surface area contributed by atoms with Crippen LogP contribution in [0.1, 0.15) is 25.7 Å². The van der Waals surface area contributed by atoms with E-state index in [1.165, 1.54) is 12.8 Å². The molecule has 1 aromatic heterocycles. The van der Waals surface area contributed by atoms with Crippen LogP contribution >= 0.6 is 0 Å². The first-order valence-electron chi connectivity index (χ1n) is 7.30. The zero-order chi connectivity index (χ0) is 13.8. The van der Waals surface area contributed by atoms with Gasteiger partial charge in [-0.2, -0.15) is 0 Å². The Kier molecular flexibility index (Phi) is 2.51. The first-order valence-corrected chi connectivity index (χ1v) is 7.30. The summed E-state index contributed by atoms with van der Waals surface area (Å²) in [6, 6.07) is 3.77. The summed E-state index contributed by atoms with van der Waals surface area (Å²) in [5, 5.41) is 0. The second-order valence-corrected chi connectivity index (χ2v) is 6.42. The first kappa shape index (κ1) is 12.4. The molecule has 5 heteroatoms. The SMILES string of the molecule is FC1(F)CC12CCN(c1cccnc1OCC1CC1)C2. The molecule has 4 rings (SSSR count). The van der Waals surface area contributed by atoms with Crippen LogP contribution in [0.2, 0.25) is 0 Å². The maximum atomic E-state index is 13.5. The number of nitrogens with zero attached hydrogens (tertiary/aromatic N) is 2. The van der Waals surface area contributed by atoms with Gasteiger partial charge in [-0.25, -0.2) is 13.8 Å². The molecule has 2 aliphatic carbocycles. The van der Waals surface area contributed by atoms with Gasteiger partial charge in [0.1, 0.15) is 0 Å². The summed E-state index contributed by atoms with van der Waals surface area (Å²) in [5.74, 6) is -1.22. The van der Waals surface area contributed by atoms with E-state index in [9.17, 15) is 8.78 Å². The monoisotopic (exact) mass is 280 g/mol. The highest BCUT2D eigenvalue weighted by molar-refractivity contribution is 5.56. The number of rotatable bonds is 4. The molecule has 108 valence electrons. The Balaban J connectivity index is 1.50. The number of hydrogen-bond acceptors (Lipinski definition) is 3. The van der Waals surface area contributed by atoms with Gasteiger partial charge in [0.15, 0.2) is 0 Å². The third-order valence-electron chi connectivity index (χ3n) is 4.81. The molecule has 0 aromatic carbocycles. The van der Waals surface area contributed by atoms with Crippen molar-refractivity contribution in [3.63, 3.8) is 0 Å². The van der Waals surface area contributed by atoms with Gasteiger partial charge < -0.3 is 9.64 Å². The van der Waals surface area contributed by atoms with Gasteiger partial charge >= 0.3 is 0 Å². The molecule has 2 heterocycles. The summed E-state index contributed by atoms with van der Waals surface area (Å²) in [7, 11) is 0. The molecule has 0 radical (unpaired) electrons. The fourth-order valence-electron chi connectivity index (χ4n) is 3.12. The quantitative estimate of drug-likeness (QED) is 0.847. The summed E-state index contributed by atoms with van der Waals surface area (Å²) in [6.07, 6.45) is 4.75. The fraction of sp³-hybridized carbons (Fsp3) is 0.667. The zero-order valence-electron chi connectivity index (χ0n) is 11.3. The molecule has 20 heavy (non-hydrogen) atoms. The lowest BCUT2D eigenvalue weighted by Crippen LogP contribution is -2.23. The van der Waals surface area contributed by atoms with Gasteiger partial charge in [0.25, 0.3) is 5.92 Å². The molecule has 1 atom stereocenters. The molecule has 0 N–H and O–H groups in total. The van der Waals surface area contributed by atoms with E-state index in [0.29, 0.717) is 37.9 Å². The van der Waals surface area contributed by atoms with Crippen LogP contribution in [0.15, 0.2) is 18.3 Å². The van der Waals surface area contributed by atoms with Crippen LogP contribution in [-0.4, -0.2) is 30.6 Å². The first-order chi connectivity index (χ1) is 9.60. The molecule has 3 aliphatic rings. The number of alkyl halides is 2. The zero-order valence-corrected chi connectivity index (χ0v) is 11.3. The van der Waals surface area contributed by atoms with Gasteiger partial charge in [-0.3, -0.25) is 0 Å². The Morgan fingerprint density at radius 3 is 2.85 bits per heavy atom. The number of halogens is 2. The molecule has 1 aliphatic heterocycles. The number of hydrogen-bond donors (Lipinski definition) is 0. The largest absolute Gasteiger partial charge is 0.476 e. The third-order valence-corrected chi connectivity index (χ3v) is 4.81. The lowest BCUT2D eigenvalue weighted by Gasteiger charge is -2.21. The second-order valence-electron chi connectivity index (χ2n) is 6.42. The molecule has 1 aromatic rings. The number of pyridine rings is 1. The van der Waals surface area contributed by atoms with Crippen molar-refractivity contribution in [1.29, 1.82) is 0 Å². The highest BCUT2D eigenvalue weighted by Gasteiger charge is 2.72. The van der Waals surface area contributed by atoms with E-state index in [1.54, 1.807) is 6.20 Å². The van der Waals surface area contributed by atoms with Crippen molar-refractivity contribution in [2.45, 2.75) is 31.6 Å². The molecular weight excluding hydrogens is 262 g/mol. The van der Waals surface area contributed by atoms with Crippen LogP contribution in [0.4, 0.5) is 14.5 Å². The van der Waals surface area contributed by atoms with Crippen molar-refractivity contribution in [1.82, 2.24) is 4.98 Å². The number of anilines is 1. The van der Waals surface area contributed by atoms with Gasteiger partial charge in [-0.1, -0.05) is 0 Å². The Bertz CT molecular complexity index is 532. The molecular formula is C15H18F2N2O. The lowest BCUT2D eigenvalue weighted by molar-refractivity contribution is 0.0711. The van der Waals surface area contributed by atoms with Crippen molar-refractivity contribution >= 4 is 5.69 Å². The Morgan fingerprint density at radius 2 is 2.20 bits per heavy atom. The summed E-state index contributed by atoms with van der Waals surface area (Å²) in [5.41, 5.74) is 0.0871. The van der Waals surface area contributed by atoms with Crippen molar-refractivity contribution in [2.75, 3.05) is 24.6 Å². The summed E-state index contributed by atoms with van der Waals surface area (Å²) >= 11 is 0. The van der Waals surface area contributed by atoms with Gasteiger partial charge in [-0.15, -0.1) is 0 Å². The Labute approximate surface area is 116 Å². The van der Waals surface area contributed by atoms with E-state index in [2.05, 4.69) is 4.98 Å². The van der Waals surface area contributed by atoms with E-state index in [4.69, 9.17) is 4.74 Å². The Morgan fingerprint density at radius 1 is 1.40 bits per heavy atom. The molecule has 3 fully saturated rings. The lowest BCUT2D eigenvalue weighted by atomic mass is 10.1. The predicted octanol–water partition coefficient (Wildman–Crippen LogP) is 3.11. The van der Waals surface area contributed by atoms with Gasteiger partial charge in [0, 0.05) is 25.7 Å². The smallest absolute Gasteiger partial charge is 0.256 e. The van der Waals surface area contributed by atoms with Crippen LogP contribution in [0.25, 0.3) is 0 Å². The standard InChI is InChI=1S/C15H18F2N2O/c16-15(17)9-14(15)5-7-19(10-14)12-2-1-6-18-13(12)20-8-11-3-4-11/h1-2,6,11H,3-5,7-10H2. The van der Waals surface area contributed by atoms with Crippen molar-refractivity contribution in [3.8, 4) is 5.88 Å². The maximum Gasteiger partial charge on any atom is 0.256 e. The van der Waals surface area contributed by atoms with Crippen LogP contribution in [0.5, 0.6) is 5.88 Å². The van der Waals surface area contributed by atoms with Crippen LogP contribution in [0.3, 0.4) is 0 Å². The van der Waals surface area contributed by atoms with E-state index in [1.807, 2.05) is 17.0 Å². The van der Waals surface area contributed by atoms with E-state index in [0.717, 1.165) is 5.69 Å². The minimum absolute atomic E-state index is 0.0367. The van der Waals surface area contributed by atoms with Gasteiger partial charge in [-0.05, 0) is 37.3 Å². The molecule has 2 saturated carbocycles. The molecule has 1 unspecified atom stereocenters. The number of ether oxygens (including phenoxy) is 1. The number of aromatic nitrogens is 1. The molecule has 1 spiro atoms. The van der Waals surface area contributed by atoms with Gasteiger partial charge in [0.05, 0.1) is 17.7 Å². The van der Waals surface area contributed by atoms with E-state index in [-0.39, 0.29) is 6.42 Å². The molecule has 0 bridgehead atoms. The summed E-state index contributed by atoms with van der Waals surface area (Å²) in [4.78, 5) is 6.29. The summed E-state index contributed by atoms with van der Waals surface area (Å²) in [6.45, 7) is 1.78. The van der Waals surface area contributed by atoms with Crippen LogP contribution in [-0.2, 0) is 0 Å². The average molecular weight is 280 g/mol. The highest BCUT2D eigenvalue weighted by atomic mass is 19.3.